The Morgan fingerprint density at radius 1 is 1.47 bits per heavy atom. The van der Waals surface area contributed by atoms with E-state index in [1.807, 2.05) is 19.2 Å². The summed E-state index contributed by atoms with van der Waals surface area (Å²) in [7, 11) is 0. The van der Waals surface area contributed by atoms with Crippen molar-refractivity contribution >= 4 is 29.7 Å². The van der Waals surface area contributed by atoms with Gasteiger partial charge < -0.3 is 5.11 Å². The third kappa shape index (κ3) is 3.54. The smallest absolute Gasteiger partial charge is 0.335 e. The minimum absolute atomic E-state index is 0. The summed E-state index contributed by atoms with van der Waals surface area (Å²) in [6.07, 6.45) is 2.58. The molecule has 1 aromatic heterocycles. The van der Waals surface area contributed by atoms with Crippen LogP contribution in [0.3, 0.4) is 0 Å². The second-order valence-electron chi connectivity index (χ2n) is 3.53. The van der Waals surface area contributed by atoms with Gasteiger partial charge >= 0.3 is 5.97 Å². The van der Waals surface area contributed by atoms with Gasteiger partial charge in [0, 0.05) is 17.5 Å². The molecule has 1 aromatic carbocycles. The van der Waals surface area contributed by atoms with Gasteiger partial charge in [0.15, 0.2) is 0 Å². The third-order valence-electron chi connectivity index (χ3n) is 2.22. The van der Waals surface area contributed by atoms with Crippen molar-refractivity contribution in [1.82, 2.24) is 4.98 Å². The van der Waals surface area contributed by atoms with E-state index in [2.05, 4.69) is 4.98 Å². The predicted molar refractivity (Wildman–Crippen MR) is 70.3 cm³/mol. The fourth-order valence-electron chi connectivity index (χ4n) is 1.50. The monoisotopic (exact) mass is 269 g/mol. The maximum absolute atomic E-state index is 10.8. The first-order valence-electron chi connectivity index (χ1n) is 4.88. The van der Waals surface area contributed by atoms with Crippen molar-refractivity contribution in [1.29, 1.82) is 0 Å². The van der Waals surface area contributed by atoms with Gasteiger partial charge in [-0.1, -0.05) is 12.1 Å². The minimum Gasteiger partial charge on any atom is -0.478 e. The normalized spacial score (nSPS) is 9.71. The van der Waals surface area contributed by atoms with Gasteiger partial charge in [-0.2, -0.15) is 0 Å². The zero-order valence-electron chi connectivity index (χ0n) is 9.21. The number of halogens is 1. The zero-order valence-corrected chi connectivity index (χ0v) is 10.8. The molecular weight excluding hydrogens is 258 g/mol. The zero-order chi connectivity index (χ0) is 11.5. The molecule has 2 aromatic rings. The number of hydrogen-bond acceptors (Lipinski definition) is 3. The molecule has 0 fully saturated rings. The SMILES string of the molecule is Cc1ncc(Cc2cccc(C(=O)O)c2)s1.Cl. The van der Waals surface area contributed by atoms with Crippen LogP contribution in [0.1, 0.15) is 25.8 Å². The van der Waals surface area contributed by atoms with Crippen molar-refractivity contribution < 1.29 is 9.90 Å². The predicted octanol–water partition coefficient (Wildman–Crippen LogP) is 3.16. The van der Waals surface area contributed by atoms with Crippen LogP contribution in [-0.4, -0.2) is 16.1 Å². The molecule has 0 aliphatic heterocycles. The second kappa shape index (κ2) is 5.80. The first-order chi connectivity index (χ1) is 7.65. The van der Waals surface area contributed by atoms with Gasteiger partial charge in [0.2, 0.25) is 0 Å². The second-order valence-corrected chi connectivity index (χ2v) is 4.85. The number of aromatic nitrogens is 1. The van der Waals surface area contributed by atoms with Crippen LogP contribution < -0.4 is 0 Å². The molecule has 1 N–H and O–H groups in total. The van der Waals surface area contributed by atoms with E-state index in [9.17, 15) is 4.79 Å². The molecule has 5 heteroatoms. The standard InChI is InChI=1S/C12H11NO2S.ClH/c1-8-13-7-11(16-8)6-9-3-2-4-10(5-9)12(14)15;/h2-5,7H,6H2,1H3,(H,14,15);1H. The fourth-order valence-corrected chi connectivity index (χ4v) is 2.33. The van der Waals surface area contributed by atoms with E-state index in [1.165, 1.54) is 0 Å². The Bertz CT molecular complexity index is 525. The number of rotatable bonds is 3. The highest BCUT2D eigenvalue weighted by molar-refractivity contribution is 7.11. The lowest BCUT2D eigenvalue weighted by Gasteiger charge is -2.00. The van der Waals surface area contributed by atoms with E-state index in [4.69, 9.17) is 5.11 Å². The van der Waals surface area contributed by atoms with Crippen LogP contribution in [0.4, 0.5) is 0 Å². The molecule has 0 atom stereocenters. The van der Waals surface area contributed by atoms with E-state index >= 15 is 0 Å². The summed E-state index contributed by atoms with van der Waals surface area (Å²) < 4.78 is 0. The summed E-state index contributed by atoms with van der Waals surface area (Å²) in [5, 5.41) is 9.90. The topological polar surface area (TPSA) is 50.2 Å². The molecule has 0 aliphatic carbocycles. The highest BCUT2D eigenvalue weighted by atomic mass is 35.5. The van der Waals surface area contributed by atoms with Gasteiger partial charge in [-0.25, -0.2) is 9.78 Å². The fraction of sp³-hybridized carbons (Fsp3) is 0.167. The lowest BCUT2D eigenvalue weighted by atomic mass is 10.1. The van der Waals surface area contributed by atoms with Crippen molar-refractivity contribution in [2.75, 3.05) is 0 Å². The quantitative estimate of drug-likeness (QED) is 0.931. The Hall–Kier alpha value is -1.39. The van der Waals surface area contributed by atoms with Crippen molar-refractivity contribution in [2.45, 2.75) is 13.3 Å². The Morgan fingerprint density at radius 2 is 2.24 bits per heavy atom. The van der Waals surface area contributed by atoms with Crippen molar-refractivity contribution in [3.63, 3.8) is 0 Å². The summed E-state index contributed by atoms with van der Waals surface area (Å²) in [6.45, 7) is 1.96. The number of carbonyl (C=O) groups is 1. The van der Waals surface area contributed by atoms with Gasteiger partial charge in [0.05, 0.1) is 10.6 Å². The molecule has 0 aliphatic rings. The molecule has 2 rings (SSSR count). The number of benzene rings is 1. The number of aromatic carboxylic acids is 1. The minimum atomic E-state index is -0.887. The number of aryl methyl sites for hydroxylation is 1. The maximum atomic E-state index is 10.8. The molecule has 3 nitrogen and oxygen atoms in total. The van der Waals surface area contributed by atoms with Gasteiger partial charge in [-0.3, -0.25) is 0 Å². The van der Waals surface area contributed by atoms with Crippen LogP contribution in [0.25, 0.3) is 0 Å². The van der Waals surface area contributed by atoms with Crippen LogP contribution in [0, 0.1) is 6.92 Å². The molecule has 0 amide bonds. The van der Waals surface area contributed by atoms with Gasteiger partial charge in [0.25, 0.3) is 0 Å². The Balaban J connectivity index is 0.00000144. The molecule has 0 saturated carbocycles. The van der Waals surface area contributed by atoms with Gasteiger partial charge in [-0.05, 0) is 24.6 Å². The summed E-state index contributed by atoms with van der Waals surface area (Å²) in [5.74, 6) is -0.887. The molecule has 0 bridgehead atoms. The Morgan fingerprint density at radius 3 is 2.82 bits per heavy atom. The van der Waals surface area contributed by atoms with E-state index in [1.54, 1.807) is 29.5 Å². The Labute approximate surface area is 110 Å². The van der Waals surface area contributed by atoms with Crippen molar-refractivity contribution in [2.24, 2.45) is 0 Å². The third-order valence-corrected chi connectivity index (χ3v) is 3.13. The lowest BCUT2D eigenvalue weighted by molar-refractivity contribution is 0.0697. The number of nitrogens with zero attached hydrogens (tertiary/aromatic N) is 1. The van der Waals surface area contributed by atoms with Crippen molar-refractivity contribution in [3.8, 4) is 0 Å². The summed E-state index contributed by atoms with van der Waals surface area (Å²) >= 11 is 1.64. The van der Waals surface area contributed by atoms with Crippen LogP contribution in [0.15, 0.2) is 30.5 Å². The first-order valence-corrected chi connectivity index (χ1v) is 5.70. The van der Waals surface area contributed by atoms with Crippen LogP contribution in [0.5, 0.6) is 0 Å². The molecule has 90 valence electrons. The summed E-state index contributed by atoms with van der Waals surface area (Å²) in [6, 6.07) is 7.01. The van der Waals surface area contributed by atoms with E-state index in [-0.39, 0.29) is 12.4 Å². The molecular formula is C12H12ClNO2S. The van der Waals surface area contributed by atoms with E-state index in [0.29, 0.717) is 5.56 Å². The van der Waals surface area contributed by atoms with Crippen LogP contribution in [-0.2, 0) is 6.42 Å². The van der Waals surface area contributed by atoms with Gasteiger partial charge in [0.1, 0.15) is 0 Å². The average molecular weight is 270 g/mol. The number of carboxylic acids is 1. The van der Waals surface area contributed by atoms with E-state index in [0.717, 1.165) is 21.9 Å². The summed E-state index contributed by atoms with van der Waals surface area (Å²) in [5.41, 5.74) is 1.34. The first kappa shape index (κ1) is 13.7. The number of carboxylic acid groups (broad SMARTS) is 1. The largest absolute Gasteiger partial charge is 0.478 e. The molecule has 0 unspecified atom stereocenters. The molecule has 1 heterocycles. The highest BCUT2D eigenvalue weighted by Crippen LogP contribution is 2.17. The number of thiazole rings is 1. The van der Waals surface area contributed by atoms with Crippen molar-refractivity contribution in [3.05, 3.63) is 51.5 Å². The maximum Gasteiger partial charge on any atom is 0.335 e. The number of hydrogen-bond donors (Lipinski definition) is 1. The molecule has 0 spiro atoms. The highest BCUT2D eigenvalue weighted by Gasteiger charge is 2.05. The van der Waals surface area contributed by atoms with Gasteiger partial charge in [-0.15, -0.1) is 23.7 Å². The Kier molecular flexibility index (Phi) is 4.66. The van der Waals surface area contributed by atoms with E-state index < -0.39 is 5.97 Å². The van der Waals surface area contributed by atoms with Crippen LogP contribution in [0.2, 0.25) is 0 Å². The lowest BCUT2D eigenvalue weighted by Crippen LogP contribution is -1.97. The average Bonchev–Trinajstić information content (AvgIpc) is 2.64. The summed E-state index contributed by atoms with van der Waals surface area (Å²) in [4.78, 5) is 16.1. The molecule has 0 saturated heterocycles. The molecule has 17 heavy (non-hydrogen) atoms. The molecule has 0 radical (unpaired) electrons. The van der Waals surface area contributed by atoms with Crippen LogP contribution >= 0.6 is 23.7 Å².